The molecule has 0 radical (unpaired) electrons. The van der Waals surface area contributed by atoms with Gasteiger partial charge in [-0.05, 0) is 32.9 Å². The van der Waals surface area contributed by atoms with Crippen LogP contribution in [0.1, 0.15) is 26.3 Å². The first-order valence-corrected chi connectivity index (χ1v) is 8.69. The lowest BCUT2D eigenvalue weighted by molar-refractivity contribution is -0.204. The summed E-state index contributed by atoms with van der Waals surface area (Å²) < 4.78 is 52.1. The van der Waals surface area contributed by atoms with E-state index in [2.05, 4.69) is 14.7 Å². The highest BCUT2D eigenvalue weighted by Crippen LogP contribution is 2.39. The minimum Gasteiger partial charge on any atom is -0.462 e. The molecule has 6 nitrogen and oxygen atoms in total. The minimum atomic E-state index is -5.14. The summed E-state index contributed by atoms with van der Waals surface area (Å²) in [6, 6.07) is 5.71. The number of carbonyl (C=O) groups excluding carboxylic acids is 1. The standard InChI is InChI=1S/C17H19ClF3N3O3/c1-4-24(5-2)15-23-16(17(19,20)21,14(25)26-6-3)22-13(27-15)11-9-7-8-10-12(11)18/h7-10H,4-6H2,1-3H3. The maximum Gasteiger partial charge on any atom is 0.446 e. The summed E-state index contributed by atoms with van der Waals surface area (Å²) in [4.78, 5) is 20.8. The van der Waals surface area contributed by atoms with Crippen molar-refractivity contribution in [2.24, 2.45) is 9.98 Å². The summed E-state index contributed by atoms with van der Waals surface area (Å²) >= 11 is 6.09. The summed E-state index contributed by atoms with van der Waals surface area (Å²) in [5.74, 6) is -2.09. The fourth-order valence-corrected chi connectivity index (χ4v) is 2.60. The second-order valence-corrected chi connectivity index (χ2v) is 5.86. The zero-order valence-corrected chi connectivity index (χ0v) is 15.8. The highest BCUT2D eigenvalue weighted by atomic mass is 35.5. The zero-order chi connectivity index (χ0) is 20.2. The normalized spacial score (nSPS) is 19.7. The van der Waals surface area contributed by atoms with E-state index in [0.29, 0.717) is 13.1 Å². The molecule has 0 aromatic heterocycles. The molecule has 2 rings (SSSR count). The van der Waals surface area contributed by atoms with Crippen LogP contribution in [-0.4, -0.2) is 54.3 Å². The molecule has 0 aliphatic carbocycles. The van der Waals surface area contributed by atoms with Crippen molar-refractivity contribution in [2.45, 2.75) is 32.6 Å². The van der Waals surface area contributed by atoms with Crippen molar-refractivity contribution in [1.82, 2.24) is 4.90 Å². The SMILES string of the molecule is CCOC(=O)C1(C(F)(F)F)N=C(c2ccccc2Cl)OC(N(CC)CC)=N1. The predicted molar refractivity (Wildman–Crippen MR) is 94.8 cm³/mol. The minimum absolute atomic E-state index is 0.108. The molecule has 0 N–H and O–H groups in total. The van der Waals surface area contributed by atoms with Gasteiger partial charge in [-0.25, -0.2) is 4.79 Å². The van der Waals surface area contributed by atoms with Gasteiger partial charge in [0.15, 0.2) is 0 Å². The van der Waals surface area contributed by atoms with Crippen LogP contribution in [0.25, 0.3) is 0 Å². The summed E-state index contributed by atoms with van der Waals surface area (Å²) in [5.41, 5.74) is -3.36. The molecule has 1 aliphatic heterocycles. The summed E-state index contributed by atoms with van der Waals surface area (Å²) in [7, 11) is 0. The molecule has 1 aromatic carbocycles. The first kappa shape index (κ1) is 21.0. The topological polar surface area (TPSA) is 63.5 Å². The number of ether oxygens (including phenoxy) is 2. The van der Waals surface area contributed by atoms with Crippen LogP contribution >= 0.6 is 11.6 Å². The molecule has 1 atom stereocenters. The third-order valence-corrected chi connectivity index (χ3v) is 4.13. The van der Waals surface area contributed by atoms with E-state index in [0.717, 1.165) is 0 Å². The van der Waals surface area contributed by atoms with Crippen LogP contribution in [0.2, 0.25) is 5.02 Å². The number of esters is 1. The van der Waals surface area contributed by atoms with Crippen molar-refractivity contribution in [3.63, 3.8) is 0 Å². The number of carbonyl (C=O) groups is 1. The maximum atomic E-state index is 14.0. The first-order valence-electron chi connectivity index (χ1n) is 8.31. The Labute approximate surface area is 159 Å². The summed E-state index contributed by atoms with van der Waals surface area (Å²) in [6.45, 7) is 5.19. The number of hydrogen-bond acceptors (Lipinski definition) is 6. The second-order valence-electron chi connectivity index (χ2n) is 5.46. The highest BCUT2D eigenvalue weighted by molar-refractivity contribution is 6.34. The third-order valence-electron chi connectivity index (χ3n) is 3.80. The number of nitrogens with zero attached hydrogens (tertiary/aromatic N) is 3. The van der Waals surface area contributed by atoms with Gasteiger partial charge in [-0.3, -0.25) is 0 Å². The predicted octanol–water partition coefficient (Wildman–Crippen LogP) is 3.64. The van der Waals surface area contributed by atoms with Gasteiger partial charge in [-0.2, -0.15) is 23.2 Å². The van der Waals surface area contributed by atoms with Crippen molar-refractivity contribution in [3.05, 3.63) is 34.9 Å². The largest absolute Gasteiger partial charge is 0.462 e. The highest BCUT2D eigenvalue weighted by Gasteiger charge is 2.65. The Hall–Kier alpha value is -2.29. The smallest absolute Gasteiger partial charge is 0.446 e. The Morgan fingerprint density at radius 2 is 1.85 bits per heavy atom. The molecule has 0 saturated carbocycles. The van der Waals surface area contributed by atoms with Crippen molar-refractivity contribution in [1.29, 1.82) is 0 Å². The Balaban J connectivity index is 2.72. The molecule has 1 unspecified atom stereocenters. The quantitative estimate of drug-likeness (QED) is 0.702. The number of amidine groups is 1. The van der Waals surface area contributed by atoms with Gasteiger partial charge in [0.2, 0.25) is 5.90 Å². The Morgan fingerprint density at radius 1 is 1.22 bits per heavy atom. The Kier molecular flexibility index (Phi) is 6.35. The van der Waals surface area contributed by atoms with E-state index in [4.69, 9.17) is 16.3 Å². The van der Waals surface area contributed by atoms with Gasteiger partial charge in [-0.15, -0.1) is 0 Å². The molecule has 0 fully saturated rings. The monoisotopic (exact) mass is 405 g/mol. The van der Waals surface area contributed by atoms with E-state index < -0.39 is 23.7 Å². The van der Waals surface area contributed by atoms with Crippen molar-refractivity contribution in [3.8, 4) is 0 Å². The van der Waals surface area contributed by atoms with Gasteiger partial charge in [0.25, 0.3) is 6.02 Å². The van der Waals surface area contributed by atoms with Gasteiger partial charge in [0.1, 0.15) is 0 Å². The number of hydrogen-bond donors (Lipinski definition) is 0. The van der Waals surface area contributed by atoms with Crippen LogP contribution < -0.4 is 0 Å². The first-order chi connectivity index (χ1) is 12.7. The number of halogens is 4. The summed E-state index contributed by atoms with van der Waals surface area (Å²) in [5, 5.41) is 0.122. The molecule has 0 bridgehead atoms. The van der Waals surface area contributed by atoms with E-state index in [1.54, 1.807) is 26.0 Å². The maximum absolute atomic E-state index is 14.0. The number of benzene rings is 1. The van der Waals surface area contributed by atoms with Gasteiger partial charge >= 0.3 is 17.8 Å². The lowest BCUT2D eigenvalue weighted by Crippen LogP contribution is -2.55. The molecular weight excluding hydrogens is 387 g/mol. The zero-order valence-electron chi connectivity index (χ0n) is 15.0. The molecule has 148 valence electrons. The molecule has 27 heavy (non-hydrogen) atoms. The Morgan fingerprint density at radius 3 is 2.37 bits per heavy atom. The van der Waals surface area contributed by atoms with Gasteiger partial charge in [-0.1, -0.05) is 23.7 Å². The molecule has 0 saturated heterocycles. The molecular formula is C17H19ClF3N3O3. The average molecular weight is 406 g/mol. The van der Waals surface area contributed by atoms with Crippen molar-refractivity contribution >= 4 is 29.5 Å². The fourth-order valence-electron chi connectivity index (χ4n) is 2.39. The lowest BCUT2D eigenvalue weighted by atomic mass is 10.1. The van der Waals surface area contributed by atoms with Crippen LogP contribution in [0.4, 0.5) is 13.2 Å². The molecule has 10 heteroatoms. The summed E-state index contributed by atoms with van der Waals surface area (Å²) in [6.07, 6.45) is -5.14. The van der Waals surface area contributed by atoms with Crippen LogP contribution in [-0.2, 0) is 14.3 Å². The fraction of sp³-hybridized carbons (Fsp3) is 0.471. The van der Waals surface area contributed by atoms with Crippen molar-refractivity contribution < 1.29 is 27.4 Å². The van der Waals surface area contributed by atoms with Crippen LogP contribution in [0.15, 0.2) is 34.3 Å². The van der Waals surface area contributed by atoms with Crippen molar-refractivity contribution in [2.75, 3.05) is 19.7 Å². The van der Waals surface area contributed by atoms with E-state index >= 15 is 0 Å². The van der Waals surface area contributed by atoms with Crippen LogP contribution in [0.5, 0.6) is 0 Å². The second kappa shape index (κ2) is 8.16. The molecule has 1 heterocycles. The van der Waals surface area contributed by atoms with Gasteiger partial charge in [0.05, 0.1) is 17.2 Å². The molecule has 1 aliphatic rings. The number of rotatable bonds is 5. The molecule has 1 aromatic rings. The van der Waals surface area contributed by atoms with Gasteiger partial charge < -0.3 is 14.4 Å². The average Bonchev–Trinajstić information content (AvgIpc) is 2.62. The van der Waals surface area contributed by atoms with E-state index in [9.17, 15) is 18.0 Å². The lowest BCUT2D eigenvalue weighted by Gasteiger charge is -2.33. The van der Waals surface area contributed by atoms with E-state index in [1.807, 2.05) is 0 Å². The molecule has 0 spiro atoms. The number of alkyl halides is 3. The molecule has 0 amide bonds. The van der Waals surface area contributed by atoms with E-state index in [-0.39, 0.29) is 23.2 Å². The van der Waals surface area contributed by atoms with E-state index in [1.165, 1.54) is 24.0 Å². The third kappa shape index (κ3) is 4.02. The Bertz CT molecular complexity index is 763. The number of aliphatic imine (C=N–C) groups is 2. The van der Waals surface area contributed by atoms with Crippen LogP contribution in [0.3, 0.4) is 0 Å². The van der Waals surface area contributed by atoms with Crippen LogP contribution in [0, 0.1) is 0 Å². The van der Waals surface area contributed by atoms with Gasteiger partial charge in [0, 0.05) is 13.1 Å².